The van der Waals surface area contributed by atoms with Gasteiger partial charge in [-0.25, -0.2) is 0 Å². The first-order valence-electron chi connectivity index (χ1n) is 11.5. The van der Waals surface area contributed by atoms with E-state index in [1.807, 2.05) is 6.92 Å². The number of fused-ring (bicyclic) bond motifs is 2. The van der Waals surface area contributed by atoms with Crippen molar-refractivity contribution in [3.05, 3.63) is 0 Å². The van der Waals surface area contributed by atoms with Crippen molar-refractivity contribution in [1.29, 1.82) is 0 Å². The van der Waals surface area contributed by atoms with Crippen LogP contribution in [0, 0.1) is 28.6 Å². The zero-order valence-electron chi connectivity index (χ0n) is 17.9. The molecule has 178 valence electrons. The van der Waals surface area contributed by atoms with Crippen molar-refractivity contribution >= 4 is 17.7 Å². The molecule has 10 atom stereocenters. The molecule has 6 aliphatic rings. The third-order valence-corrected chi connectivity index (χ3v) is 10.7. The van der Waals surface area contributed by atoms with Gasteiger partial charge in [-0.2, -0.15) is 0 Å². The highest BCUT2D eigenvalue weighted by Gasteiger charge is 2.90. The molecule has 4 unspecified atom stereocenters. The Bertz CT molecular complexity index is 918. The molecular formula is C24H34O8. The quantitative estimate of drug-likeness (QED) is 0.555. The first-order chi connectivity index (χ1) is 14.5. The van der Waals surface area contributed by atoms with Crippen LogP contribution in [0.2, 0.25) is 0 Å². The number of epoxide rings is 2. The van der Waals surface area contributed by atoms with Gasteiger partial charge in [0.2, 0.25) is 0 Å². The number of ketones is 1. The lowest BCUT2D eigenvalue weighted by molar-refractivity contribution is -0.178. The van der Waals surface area contributed by atoms with Crippen molar-refractivity contribution in [2.75, 3.05) is 0 Å². The Morgan fingerprint density at radius 1 is 1.12 bits per heavy atom. The first kappa shape index (κ1) is 22.3. The summed E-state index contributed by atoms with van der Waals surface area (Å²) in [7, 11) is 0. The zero-order valence-corrected chi connectivity index (χ0v) is 17.9. The summed E-state index contributed by atoms with van der Waals surface area (Å²) >= 11 is 0. The summed E-state index contributed by atoms with van der Waals surface area (Å²) in [5.74, 6) is -2.82. The van der Waals surface area contributed by atoms with Crippen molar-refractivity contribution in [1.82, 2.24) is 0 Å². The molecule has 2 aliphatic heterocycles. The summed E-state index contributed by atoms with van der Waals surface area (Å²) in [6.07, 6.45) is 2.43. The number of ether oxygens (including phenoxy) is 2. The van der Waals surface area contributed by atoms with E-state index in [9.17, 15) is 29.7 Å². The van der Waals surface area contributed by atoms with Crippen LogP contribution in [0.25, 0.3) is 0 Å². The minimum Gasteiger partial charge on any atom is -0.481 e. The number of carboxylic acids is 2. The van der Waals surface area contributed by atoms with Gasteiger partial charge in [-0.05, 0) is 44.4 Å². The fraction of sp³-hybridized carbons (Fsp3) is 0.875. The summed E-state index contributed by atoms with van der Waals surface area (Å²) in [6.45, 7) is 4.13. The van der Waals surface area contributed by atoms with E-state index in [2.05, 4.69) is 6.92 Å². The molecule has 6 fully saturated rings. The topological polar surface area (TPSA) is 137 Å². The minimum absolute atomic E-state index is 0. The molecular weight excluding hydrogens is 416 g/mol. The molecule has 2 saturated heterocycles. The lowest BCUT2D eigenvalue weighted by Crippen LogP contribution is -2.68. The highest BCUT2D eigenvalue weighted by molar-refractivity contribution is 5.89. The summed E-state index contributed by atoms with van der Waals surface area (Å²) in [5.41, 5.74) is -3.56. The van der Waals surface area contributed by atoms with Crippen molar-refractivity contribution in [3.8, 4) is 0 Å². The number of aliphatic hydroxyl groups is 1. The second kappa shape index (κ2) is 6.13. The first-order valence-corrected chi connectivity index (χ1v) is 11.5. The van der Waals surface area contributed by atoms with Crippen LogP contribution in [-0.2, 0) is 23.9 Å². The Hall–Kier alpha value is -1.51. The van der Waals surface area contributed by atoms with E-state index in [1.165, 1.54) is 0 Å². The lowest BCUT2D eigenvalue weighted by atomic mass is 9.41. The average Bonchev–Trinajstić information content (AvgIpc) is 3.58. The lowest BCUT2D eigenvalue weighted by Gasteiger charge is -2.59. The van der Waals surface area contributed by atoms with Crippen LogP contribution in [0.5, 0.6) is 0 Å². The maximum Gasteiger partial charge on any atom is 0.307 e. The number of rotatable bonds is 4. The number of carbonyl (C=O) groups is 3. The Morgan fingerprint density at radius 3 is 2.50 bits per heavy atom. The third kappa shape index (κ3) is 2.18. The number of carboxylic acid groups (broad SMARTS) is 2. The van der Waals surface area contributed by atoms with Crippen LogP contribution in [0.15, 0.2) is 0 Å². The maximum atomic E-state index is 12.5. The van der Waals surface area contributed by atoms with Crippen LogP contribution in [0.3, 0.4) is 0 Å². The largest absolute Gasteiger partial charge is 0.481 e. The van der Waals surface area contributed by atoms with Gasteiger partial charge in [-0.1, -0.05) is 21.3 Å². The van der Waals surface area contributed by atoms with Gasteiger partial charge in [-0.15, -0.1) is 0 Å². The molecule has 0 aromatic rings. The Balaban J connectivity index is 0.00000216. The molecule has 4 saturated carbocycles. The van der Waals surface area contributed by atoms with Gasteiger partial charge in [0, 0.05) is 29.6 Å². The molecule has 0 aromatic carbocycles. The van der Waals surface area contributed by atoms with E-state index in [0.717, 1.165) is 0 Å². The van der Waals surface area contributed by atoms with E-state index in [0.29, 0.717) is 38.5 Å². The standard InChI is InChI=1S/C23H30O8.CH4/c1-19-10-14-23(30-14)16(12(19)3-7-21(19,29)8-5-15(25)26)11(18(27)28)9-22-17(31-22)13(24)4-6-20(22,23)2;/h11-12,14,16-17,29H,3-10H2,1-2H3,(H,25,26)(H,27,28);1H4/t11?,12-,14?,16-,17?,19-,20-,21-,22?,23+;/m0./s1. The summed E-state index contributed by atoms with van der Waals surface area (Å²) < 4.78 is 12.5. The van der Waals surface area contributed by atoms with E-state index in [1.54, 1.807) is 0 Å². The third-order valence-electron chi connectivity index (χ3n) is 10.7. The monoisotopic (exact) mass is 450 g/mol. The van der Waals surface area contributed by atoms with Crippen LogP contribution in [0.4, 0.5) is 0 Å². The fourth-order valence-electron chi connectivity index (χ4n) is 9.03. The van der Waals surface area contributed by atoms with E-state index in [-0.39, 0.29) is 44.0 Å². The van der Waals surface area contributed by atoms with Gasteiger partial charge in [-0.3, -0.25) is 14.4 Å². The number of hydrogen-bond donors (Lipinski definition) is 3. The van der Waals surface area contributed by atoms with Gasteiger partial charge in [0.25, 0.3) is 0 Å². The molecule has 8 heteroatoms. The van der Waals surface area contributed by atoms with Crippen molar-refractivity contribution < 1.29 is 39.2 Å². The molecule has 3 N–H and O–H groups in total. The normalized spacial score (nSPS) is 56.5. The van der Waals surface area contributed by atoms with Gasteiger partial charge < -0.3 is 24.8 Å². The number of carbonyl (C=O) groups excluding carboxylic acids is 1. The van der Waals surface area contributed by atoms with Gasteiger partial charge in [0.15, 0.2) is 5.78 Å². The van der Waals surface area contributed by atoms with Crippen LogP contribution in [0.1, 0.15) is 72.6 Å². The molecule has 0 amide bonds. The molecule has 0 bridgehead atoms. The van der Waals surface area contributed by atoms with E-state index < -0.39 is 51.6 Å². The molecule has 8 nitrogen and oxygen atoms in total. The summed E-state index contributed by atoms with van der Waals surface area (Å²) in [6, 6.07) is 0. The molecule has 0 aromatic heterocycles. The van der Waals surface area contributed by atoms with Crippen LogP contribution in [-0.4, -0.2) is 62.1 Å². The molecule has 6 rings (SSSR count). The number of aliphatic carboxylic acids is 2. The van der Waals surface area contributed by atoms with Crippen molar-refractivity contribution in [3.63, 3.8) is 0 Å². The highest BCUT2D eigenvalue weighted by Crippen LogP contribution is 2.81. The minimum atomic E-state index is -1.14. The van der Waals surface area contributed by atoms with E-state index in [4.69, 9.17) is 9.47 Å². The predicted molar refractivity (Wildman–Crippen MR) is 111 cm³/mol. The molecule has 2 heterocycles. The smallest absolute Gasteiger partial charge is 0.307 e. The average molecular weight is 451 g/mol. The number of Topliss-reactive ketones (excluding diaryl/α,β-unsaturated/α-hetero) is 1. The summed E-state index contributed by atoms with van der Waals surface area (Å²) in [4.78, 5) is 36.2. The fourth-order valence-corrected chi connectivity index (χ4v) is 9.03. The summed E-state index contributed by atoms with van der Waals surface area (Å²) in [5, 5.41) is 31.0. The van der Waals surface area contributed by atoms with Gasteiger partial charge in [0.05, 0.1) is 17.6 Å². The van der Waals surface area contributed by atoms with Crippen LogP contribution >= 0.6 is 0 Å². The van der Waals surface area contributed by atoms with Crippen LogP contribution < -0.4 is 0 Å². The molecule has 0 radical (unpaired) electrons. The van der Waals surface area contributed by atoms with E-state index >= 15 is 0 Å². The second-order valence-corrected chi connectivity index (χ2v) is 11.5. The predicted octanol–water partition coefficient (Wildman–Crippen LogP) is 2.40. The maximum absolute atomic E-state index is 12.5. The second-order valence-electron chi connectivity index (χ2n) is 11.5. The SMILES string of the molecule is C.C[C@]12CC3O[C@@]34[C@@H](C(C(=O)O)CC35OC3C(=O)CC[C@@]54C)[C@@H]1CC[C@]2(O)CCC(=O)O. The molecule has 4 aliphatic carbocycles. The van der Waals surface area contributed by atoms with Gasteiger partial charge in [0.1, 0.15) is 17.3 Å². The Kier molecular flexibility index (Phi) is 4.27. The Labute approximate surface area is 187 Å². The Morgan fingerprint density at radius 2 is 1.84 bits per heavy atom. The van der Waals surface area contributed by atoms with Crippen molar-refractivity contribution in [2.24, 2.45) is 28.6 Å². The molecule has 2 spiro atoms. The molecule has 32 heavy (non-hydrogen) atoms. The van der Waals surface area contributed by atoms with Crippen molar-refractivity contribution in [2.45, 2.75) is 102 Å². The van der Waals surface area contributed by atoms with Gasteiger partial charge >= 0.3 is 11.9 Å². The zero-order chi connectivity index (χ0) is 22.2. The highest BCUT2D eigenvalue weighted by atomic mass is 16.6. The number of hydrogen-bond acceptors (Lipinski definition) is 6.